The van der Waals surface area contributed by atoms with Gasteiger partial charge in [0.05, 0.1) is 5.69 Å². The van der Waals surface area contributed by atoms with E-state index >= 15 is 0 Å². The fourth-order valence-corrected chi connectivity index (χ4v) is 4.86. The summed E-state index contributed by atoms with van der Waals surface area (Å²) in [7, 11) is 0. The average Bonchev–Trinajstić information content (AvgIpc) is 3.26. The number of hydrogen-bond donors (Lipinski definition) is 2. The number of hydrogen-bond acceptors (Lipinski definition) is 4. The van der Waals surface area contributed by atoms with E-state index < -0.39 is 23.3 Å². The zero-order valence-corrected chi connectivity index (χ0v) is 19.9. The number of anilines is 1. The summed E-state index contributed by atoms with van der Waals surface area (Å²) in [5.41, 5.74) is 3.34. The summed E-state index contributed by atoms with van der Waals surface area (Å²) in [5.74, 6) is -0.562. The topological polar surface area (TPSA) is 100 Å². The number of rotatable bonds is 9. The lowest BCUT2D eigenvalue weighted by molar-refractivity contribution is -0.138. The molecule has 7 nitrogen and oxygen atoms in total. The lowest BCUT2D eigenvalue weighted by Gasteiger charge is -2.27. The van der Waals surface area contributed by atoms with Crippen LogP contribution in [0.3, 0.4) is 0 Å². The number of ether oxygens (including phenoxy) is 1. The standard InChI is InChI=1S/C28H23NO6S/c30-28(31)25(16-19-10-13-22(14-11-19)34-18-20-6-2-1-3-7-20)29(36(32)33)21-12-15-27-24(17-21)23-8-4-5-9-26(23)35-27/h1-15,17,25H,16,18H2,(H,30,31)(H,32,33). The van der Waals surface area contributed by atoms with E-state index in [0.717, 1.165) is 20.6 Å². The summed E-state index contributed by atoms with van der Waals surface area (Å²) in [6.07, 6.45) is 0.0186. The Bertz CT molecular complexity index is 1530. The number of carbonyl (C=O) groups is 1. The summed E-state index contributed by atoms with van der Waals surface area (Å²) in [5, 5.41) is 11.6. The van der Waals surface area contributed by atoms with Gasteiger partial charge in [0.15, 0.2) is 0 Å². The molecule has 0 spiro atoms. The first-order valence-electron chi connectivity index (χ1n) is 11.3. The van der Waals surface area contributed by atoms with Crippen molar-refractivity contribution in [3.05, 3.63) is 108 Å². The van der Waals surface area contributed by atoms with Gasteiger partial charge in [-0.05, 0) is 47.5 Å². The quantitative estimate of drug-likeness (QED) is 0.248. The van der Waals surface area contributed by atoms with Crippen LogP contribution in [0.15, 0.2) is 101 Å². The predicted molar refractivity (Wildman–Crippen MR) is 139 cm³/mol. The number of carboxylic acid groups (broad SMARTS) is 1. The highest BCUT2D eigenvalue weighted by Gasteiger charge is 2.31. The lowest BCUT2D eigenvalue weighted by atomic mass is 10.0. The molecule has 8 heteroatoms. The zero-order chi connectivity index (χ0) is 25.1. The minimum Gasteiger partial charge on any atom is -0.489 e. The maximum Gasteiger partial charge on any atom is 0.327 e. The number of para-hydroxylation sites is 1. The van der Waals surface area contributed by atoms with Crippen LogP contribution in [-0.4, -0.2) is 25.9 Å². The summed E-state index contributed by atoms with van der Waals surface area (Å²) in [6.45, 7) is 0.417. The molecule has 4 aromatic carbocycles. The third kappa shape index (κ3) is 4.95. The van der Waals surface area contributed by atoms with E-state index in [-0.39, 0.29) is 6.42 Å². The van der Waals surface area contributed by atoms with Gasteiger partial charge in [0.1, 0.15) is 29.6 Å². The molecule has 0 saturated carbocycles. The molecule has 0 saturated heterocycles. The second-order valence-electron chi connectivity index (χ2n) is 8.31. The minimum absolute atomic E-state index is 0.0186. The fourth-order valence-electron chi connectivity index (χ4n) is 4.19. The maximum absolute atomic E-state index is 12.4. The summed E-state index contributed by atoms with van der Waals surface area (Å²) < 4.78 is 35.1. The van der Waals surface area contributed by atoms with E-state index in [1.54, 1.807) is 42.5 Å². The van der Waals surface area contributed by atoms with Gasteiger partial charge >= 0.3 is 5.97 Å². The van der Waals surface area contributed by atoms with Gasteiger partial charge < -0.3 is 14.3 Å². The van der Waals surface area contributed by atoms with Gasteiger partial charge in [-0.1, -0.05) is 60.7 Å². The van der Waals surface area contributed by atoms with Gasteiger partial charge in [-0.15, -0.1) is 0 Å². The van der Waals surface area contributed by atoms with Crippen molar-refractivity contribution in [3.63, 3.8) is 0 Å². The fraction of sp³-hybridized carbons (Fsp3) is 0.107. The largest absolute Gasteiger partial charge is 0.489 e. The van der Waals surface area contributed by atoms with Crippen LogP contribution < -0.4 is 9.04 Å². The van der Waals surface area contributed by atoms with E-state index in [9.17, 15) is 18.7 Å². The van der Waals surface area contributed by atoms with Crippen LogP contribution in [0.1, 0.15) is 11.1 Å². The molecular formula is C28H23NO6S. The summed E-state index contributed by atoms with van der Waals surface area (Å²) in [4.78, 5) is 12.2. The SMILES string of the molecule is O=C(O)C(Cc1ccc(OCc2ccccc2)cc1)N(c1ccc2oc3ccccc3c2c1)S(=O)O. The minimum atomic E-state index is -2.57. The molecule has 0 amide bonds. The highest BCUT2D eigenvalue weighted by Crippen LogP contribution is 2.33. The Balaban J connectivity index is 1.39. The second-order valence-corrected chi connectivity index (χ2v) is 9.17. The molecule has 0 aliphatic carbocycles. The number of benzene rings is 4. The monoisotopic (exact) mass is 501 g/mol. The molecule has 0 aliphatic heterocycles. The van der Waals surface area contributed by atoms with Crippen LogP contribution in [-0.2, 0) is 29.1 Å². The van der Waals surface area contributed by atoms with Crippen molar-refractivity contribution in [1.29, 1.82) is 0 Å². The molecule has 0 fully saturated rings. The Morgan fingerprint density at radius 3 is 2.28 bits per heavy atom. The lowest BCUT2D eigenvalue weighted by Crippen LogP contribution is -2.44. The molecule has 0 radical (unpaired) electrons. The molecule has 1 aromatic heterocycles. The smallest absolute Gasteiger partial charge is 0.327 e. The van der Waals surface area contributed by atoms with Crippen LogP contribution in [0.2, 0.25) is 0 Å². The van der Waals surface area contributed by atoms with Gasteiger partial charge in [-0.25, -0.2) is 9.00 Å². The van der Waals surface area contributed by atoms with Crippen LogP contribution in [0.5, 0.6) is 5.75 Å². The molecule has 36 heavy (non-hydrogen) atoms. The third-order valence-corrected chi connectivity index (χ3v) is 6.75. The molecular weight excluding hydrogens is 478 g/mol. The number of fused-ring (bicyclic) bond motifs is 3. The molecule has 5 aromatic rings. The van der Waals surface area contributed by atoms with Crippen molar-refractivity contribution in [3.8, 4) is 5.75 Å². The molecule has 2 unspecified atom stereocenters. The Hall–Kier alpha value is -4.14. The first-order valence-corrected chi connectivity index (χ1v) is 12.4. The van der Waals surface area contributed by atoms with Crippen molar-refractivity contribution in [2.24, 2.45) is 0 Å². The zero-order valence-electron chi connectivity index (χ0n) is 19.1. The number of furan rings is 1. The van der Waals surface area contributed by atoms with E-state index in [2.05, 4.69) is 0 Å². The Labute approximate surface area is 210 Å². The van der Waals surface area contributed by atoms with Crippen LogP contribution in [0.25, 0.3) is 21.9 Å². The van der Waals surface area contributed by atoms with Gasteiger partial charge in [0, 0.05) is 17.2 Å². The molecule has 1 heterocycles. The van der Waals surface area contributed by atoms with Crippen LogP contribution >= 0.6 is 0 Å². The van der Waals surface area contributed by atoms with Crippen LogP contribution in [0, 0.1) is 0 Å². The maximum atomic E-state index is 12.4. The van der Waals surface area contributed by atoms with Gasteiger partial charge in [0.25, 0.3) is 11.3 Å². The first-order chi connectivity index (χ1) is 17.5. The number of aliphatic carboxylic acids is 1. The number of nitrogens with zero attached hydrogens (tertiary/aromatic N) is 1. The van der Waals surface area contributed by atoms with Crippen molar-refractivity contribution < 1.29 is 27.8 Å². The van der Waals surface area contributed by atoms with Gasteiger partial charge in [-0.3, -0.25) is 8.86 Å². The van der Waals surface area contributed by atoms with Gasteiger partial charge in [-0.2, -0.15) is 0 Å². The first kappa shape index (κ1) is 23.6. The highest BCUT2D eigenvalue weighted by molar-refractivity contribution is 7.80. The van der Waals surface area contributed by atoms with Crippen molar-refractivity contribution >= 4 is 44.9 Å². The molecule has 5 rings (SSSR count). The second kappa shape index (κ2) is 10.2. The molecule has 182 valence electrons. The summed E-state index contributed by atoms with van der Waals surface area (Å²) in [6, 6.07) is 28.0. The normalized spacial score (nSPS) is 12.9. The molecule has 0 bridgehead atoms. The van der Waals surface area contributed by atoms with Crippen LogP contribution in [0.4, 0.5) is 5.69 Å². The Kier molecular flexibility index (Phi) is 6.71. The Morgan fingerprint density at radius 2 is 1.56 bits per heavy atom. The van der Waals surface area contributed by atoms with Crippen molar-refractivity contribution in [2.75, 3.05) is 4.31 Å². The predicted octanol–water partition coefficient (Wildman–Crippen LogP) is 5.80. The van der Waals surface area contributed by atoms with E-state index in [1.807, 2.05) is 54.6 Å². The number of carboxylic acids is 1. The van der Waals surface area contributed by atoms with Crippen molar-refractivity contribution in [1.82, 2.24) is 0 Å². The van der Waals surface area contributed by atoms with Gasteiger partial charge in [0.2, 0.25) is 0 Å². The third-order valence-electron chi connectivity index (χ3n) is 5.95. The van der Waals surface area contributed by atoms with E-state index in [0.29, 0.717) is 34.8 Å². The molecule has 0 aliphatic rings. The Morgan fingerprint density at radius 1 is 0.861 bits per heavy atom. The average molecular weight is 502 g/mol. The van der Waals surface area contributed by atoms with Crippen molar-refractivity contribution in [2.45, 2.75) is 19.1 Å². The van der Waals surface area contributed by atoms with E-state index in [1.165, 1.54) is 0 Å². The molecule has 2 N–H and O–H groups in total. The molecule has 2 atom stereocenters. The highest BCUT2D eigenvalue weighted by atomic mass is 32.2. The summed E-state index contributed by atoms with van der Waals surface area (Å²) >= 11 is -2.57. The van der Waals surface area contributed by atoms with E-state index in [4.69, 9.17) is 9.15 Å².